The van der Waals surface area contributed by atoms with Gasteiger partial charge < -0.3 is 24.8 Å². The van der Waals surface area contributed by atoms with Gasteiger partial charge in [0.2, 0.25) is 5.95 Å². The number of nitrogens with zero attached hydrogens (tertiary/aromatic N) is 5. The molecule has 0 spiro atoms. The molecule has 10 heteroatoms. The van der Waals surface area contributed by atoms with E-state index in [9.17, 15) is 5.11 Å². The summed E-state index contributed by atoms with van der Waals surface area (Å²) < 4.78 is 12.0. The molecule has 2 aromatic heterocycles. The standard InChI is InChI=1S/C24H31N7O3/c1-25-23(32)19-6-7-28-24(30-19)29-16-2-4-18(5-3-16)34-21-15-17(31-10-12-33-13-11-31)14-20-22(21)27-9-8-26-20/h6-9,14-16,18,23,25,32H,2-5,10-13H2,1H3,(H,28,29,30). The first-order chi connectivity index (χ1) is 16.7. The molecule has 3 aromatic rings. The number of fused-ring (bicyclic) bond motifs is 1. The van der Waals surface area contributed by atoms with Gasteiger partial charge in [0.1, 0.15) is 17.5 Å². The van der Waals surface area contributed by atoms with Crippen LogP contribution in [0.4, 0.5) is 11.6 Å². The summed E-state index contributed by atoms with van der Waals surface area (Å²) in [5.41, 5.74) is 3.29. The third-order valence-corrected chi connectivity index (χ3v) is 6.43. The maximum absolute atomic E-state index is 9.95. The largest absolute Gasteiger partial charge is 0.488 e. The lowest BCUT2D eigenvalue weighted by molar-refractivity contribution is 0.122. The Hall–Kier alpha value is -3.08. The summed E-state index contributed by atoms with van der Waals surface area (Å²) in [4.78, 5) is 20.1. The zero-order valence-corrected chi connectivity index (χ0v) is 19.4. The van der Waals surface area contributed by atoms with Crippen molar-refractivity contribution in [3.8, 4) is 5.75 Å². The molecule has 3 N–H and O–H groups in total. The Labute approximate surface area is 198 Å². The first-order valence-corrected chi connectivity index (χ1v) is 11.9. The molecule has 0 amide bonds. The first kappa shape index (κ1) is 22.7. The predicted octanol–water partition coefficient (Wildman–Crippen LogP) is 2.27. The van der Waals surface area contributed by atoms with E-state index in [0.717, 1.165) is 74.5 Å². The maximum Gasteiger partial charge on any atom is 0.223 e. The van der Waals surface area contributed by atoms with Gasteiger partial charge in [0.15, 0.2) is 0 Å². The second-order valence-electron chi connectivity index (χ2n) is 8.70. The monoisotopic (exact) mass is 465 g/mol. The summed E-state index contributed by atoms with van der Waals surface area (Å²) >= 11 is 0. The molecule has 1 unspecified atom stereocenters. The van der Waals surface area contributed by atoms with Crippen LogP contribution >= 0.6 is 0 Å². The molecule has 1 atom stereocenters. The van der Waals surface area contributed by atoms with E-state index < -0.39 is 6.23 Å². The summed E-state index contributed by atoms with van der Waals surface area (Å²) in [6, 6.07) is 6.15. The van der Waals surface area contributed by atoms with Crippen molar-refractivity contribution in [3.63, 3.8) is 0 Å². The number of benzene rings is 1. The topological polar surface area (TPSA) is 118 Å². The highest BCUT2D eigenvalue weighted by atomic mass is 16.5. The molecule has 2 aliphatic rings. The molecular formula is C24H31N7O3. The summed E-state index contributed by atoms with van der Waals surface area (Å²) in [6.45, 7) is 3.17. The third-order valence-electron chi connectivity index (χ3n) is 6.43. The second kappa shape index (κ2) is 10.5. The van der Waals surface area contributed by atoms with Crippen LogP contribution < -0.4 is 20.3 Å². The summed E-state index contributed by atoms with van der Waals surface area (Å²) in [5, 5.41) is 16.1. The van der Waals surface area contributed by atoms with Gasteiger partial charge in [0, 0.05) is 49.5 Å². The Bertz CT molecular complexity index is 1100. The minimum Gasteiger partial charge on any atom is -0.488 e. The molecule has 1 aliphatic heterocycles. The van der Waals surface area contributed by atoms with Crippen molar-refractivity contribution < 1.29 is 14.6 Å². The number of nitrogens with one attached hydrogen (secondary N) is 2. The van der Waals surface area contributed by atoms with Crippen LogP contribution in [-0.2, 0) is 4.74 Å². The fraction of sp³-hybridized carbons (Fsp3) is 0.500. The van der Waals surface area contributed by atoms with Gasteiger partial charge in [-0.15, -0.1) is 0 Å². The van der Waals surface area contributed by atoms with E-state index >= 15 is 0 Å². The van der Waals surface area contributed by atoms with E-state index in [1.165, 1.54) is 0 Å². The SMILES string of the molecule is CNC(O)c1ccnc(NC2CCC(Oc3cc(N4CCOCC4)cc4nccnc34)CC2)n1. The maximum atomic E-state index is 9.95. The van der Waals surface area contributed by atoms with Crippen molar-refractivity contribution in [1.82, 2.24) is 25.3 Å². The number of hydrogen-bond donors (Lipinski definition) is 3. The molecule has 5 rings (SSSR count). The molecule has 2 fully saturated rings. The van der Waals surface area contributed by atoms with Gasteiger partial charge in [-0.1, -0.05) is 0 Å². The zero-order chi connectivity index (χ0) is 23.3. The minimum absolute atomic E-state index is 0.113. The van der Waals surface area contributed by atoms with Crippen molar-refractivity contribution in [1.29, 1.82) is 0 Å². The summed E-state index contributed by atoms with van der Waals surface area (Å²) in [5.74, 6) is 1.33. The molecule has 34 heavy (non-hydrogen) atoms. The van der Waals surface area contributed by atoms with Crippen LogP contribution in [0.3, 0.4) is 0 Å². The van der Waals surface area contributed by atoms with Gasteiger partial charge in [0.05, 0.1) is 30.5 Å². The van der Waals surface area contributed by atoms with Crippen LogP contribution in [0, 0.1) is 0 Å². The lowest BCUT2D eigenvalue weighted by Gasteiger charge is -2.31. The molecule has 10 nitrogen and oxygen atoms in total. The molecule has 1 saturated carbocycles. The van der Waals surface area contributed by atoms with Crippen molar-refractivity contribution in [2.24, 2.45) is 0 Å². The third kappa shape index (κ3) is 5.19. The van der Waals surface area contributed by atoms with Crippen molar-refractivity contribution in [2.45, 2.75) is 44.1 Å². The Kier molecular flexibility index (Phi) is 6.98. The molecular weight excluding hydrogens is 434 g/mol. The predicted molar refractivity (Wildman–Crippen MR) is 129 cm³/mol. The van der Waals surface area contributed by atoms with E-state index in [2.05, 4.69) is 47.6 Å². The van der Waals surface area contributed by atoms with E-state index in [1.807, 2.05) is 0 Å². The van der Waals surface area contributed by atoms with Crippen molar-refractivity contribution in [3.05, 3.63) is 42.5 Å². The average Bonchev–Trinajstić information content (AvgIpc) is 2.90. The van der Waals surface area contributed by atoms with Crippen LogP contribution in [0.15, 0.2) is 36.8 Å². The highest BCUT2D eigenvalue weighted by molar-refractivity contribution is 5.85. The number of rotatable bonds is 7. The zero-order valence-electron chi connectivity index (χ0n) is 19.4. The molecule has 1 aliphatic carbocycles. The van der Waals surface area contributed by atoms with E-state index in [1.54, 1.807) is 31.7 Å². The van der Waals surface area contributed by atoms with Crippen LogP contribution in [0.25, 0.3) is 11.0 Å². The fourth-order valence-corrected chi connectivity index (χ4v) is 4.55. The lowest BCUT2D eigenvalue weighted by atomic mass is 9.93. The quantitative estimate of drug-likeness (QED) is 0.449. The molecule has 3 heterocycles. The van der Waals surface area contributed by atoms with Crippen LogP contribution in [0.5, 0.6) is 5.75 Å². The average molecular weight is 466 g/mol. The van der Waals surface area contributed by atoms with E-state index in [-0.39, 0.29) is 12.1 Å². The lowest BCUT2D eigenvalue weighted by Crippen LogP contribution is -2.36. The Balaban J connectivity index is 1.24. The normalized spacial score (nSPS) is 21.9. The number of ether oxygens (including phenoxy) is 2. The number of aromatic nitrogens is 4. The van der Waals surface area contributed by atoms with Crippen LogP contribution in [-0.4, -0.2) is 70.5 Å². The summed E-state index contributed by atoms with van der Waals surface area (Å²) in [7, 11) is 1.69. The first-order valence-electron chi connectivity index (χ1n) is 11.9. The van der Waals surface area contributed by atoms with Crippen molar-refractivity contribution in [2.75, 3.05) is 43.6 Å². The number of aliphatic hydroxyl groups excluding tert-OH is 1. The van der Waals surface area contributed by atoms with Crippen molar-refractivity contribution >= 4 is 22.7 Å². The number of hydrogen-bond acceptors (Lipinski definition) is 10. The molecule has 180 valence electrons. The van der Waals surface area contributed by atoms with Gasteiger partial charge in [-0.25, -0.2) is 15.0 Å². The Morgan fingerprint density at radius 1 is 1.06 bits per heavy atom. The molecule has 1 aromatic carbocycles. The molecule has 0 bridgehead atoms. The van der Waals surface area contributed by atoms with Crippen LogP contribution in [0.1, 0.15) is 37.6 Å². The fourth-order valence-electron chi connectivity index (χ4n) is 4.55. The van der Waals surface area contributed by atoms with Crippen LogP contribution in [0.2, 0.25) is 0 Å². The highest BCUT2D eigenvalue weighted by Crippen LogP contribution is 2.33. The van der Waals surface area contributed by atoms with Gasteiger partial charge >= 0.3 is 0 Å². The number of anilines is 2. The Morgan fingerprint density at radius 3 is 2.65 bits per heavy atom. The highest BCUT2D eigenvalue weighted by Gasteiger charge is 2.25. The van der Waals surface area contributed by atoms with E-state index in [4.69, 9.17) is 9.47 Å². The molecule has 0 radical (unpaired) electrons. The smallest absolute Gasteiger partial charge is 0.223 e. The van der Waals surface area contributed by atoms with Gasteiger partial charge in [-0.2, -0.15) is 0 Å². The minimum atomic E-state index is -0.807. The van der Waals surface area contributed by atoms with Gasteiger partial charge in [-0.05, 0) is 44.9 Å². The Morgan fingerprint density at radius 2 is 1.85 bits per heavy atom. The van der Waals surface area contributed by atoms with Gasteiger partial charge in [0.25, 0.3) is 0 Å². The summed E-state index contributed by atoms with van der Waals surface area (Å²) in [6.07, 6.45) is 8.12. The number of aliphatic hydroxyl groups is 1. The molecule has 1 saturated heterocycles. The van der Waals surface area contributed by atoms with E-state index in [0.29, 0.717) is 11.6 Å². The second-order valence-corrected chi connectivity index (χ2v) is 8.70. The number of morpholine rings is 1. The van der Waals surface area contributed by atoms with Gasteiger partial charge in [-0.3, -0.25) is 10.3 Å².